The molecule has 1 heterocycles. The summed E-state index contributed by atoms with van der Waals surface area (Å²) in [5.41, 5.74) is 7.47. The number of ether oxygens (including phenoxy) is 3. The van der Waals surface area contributed by atoms with Crippen LogP contribution in [0.3, 0.4) is 0 Å². The van der Waals surface area contributed by atoms with Crippen LogP contribution in [0, 0.1) is 12.8 Å². The maximum absolute atomic E-state index is 5.51. The molecular formula is C40H49N3O3. The zero-order valence-electron chi connectivity index (χ0n) is 28.2. The lowest BCUT2D eigenvalue weighted by atomic mass is 9.89. The number of methoxy groups -OCH3 is 3. The van der Waals surface area contributed by atoms with Crippen LogP contribution in [-0.4, -0.2) is 32.0 Å². The van der Waals surface area contributed by atoms with Crippen LogP contribution in [0.2, 0.25) is 0 Å². The second-order valence-electron chi connectivity index (χ2n) is 12.2. The van der Waals surface area contributed by atoms with Gasteiger partial charge < -0.3 is 19.5 Å². The van der Waals surface area contributed by atoms with Crippen molar-refractivity contribution < 1.29 is 14.2 Å². The van der Waals surface area contributed by atoms with Crippen molar-refractivity contribution in [3.8, 4) is 17.2 Å². The number of hydrogen-bond acceptors (Lipinski definition) is 6. The number of aryl methyl sites for hydroxylation is 1. The molecule has 4 aromatic rings. The Labute approximate surface area is 274 Å². The van der Waals surface area contributed by atoms with Gasteiger partial charge in [0.15, 0.2) is 17.3 Å². The van der Waals surface area contributed by atoms with Gasteiger partial charge in [0.05, 0.1) is 26.8 Å². The van der Waals surface area contributed by atoms with Crippen LogP contribution in [0.1, 0.15) is 87.8 Å². The highest BCUT2D eigenvalue weighted by atomic mass is 16.5. The lowest BCUT2D eigenvalue weighted by molar-refractivity contribution is 0.324. The Morgan fingerprint density at radius 3 is 2.09 bits per heavy atom. The van der Waals surface area contributed by atoms with E-state index in [0.29, 0.717) is 23.2 Å². The molecule has 5 rings (SSSR count). The van der Waals surface area contributed by atoms with Crippen LogP contribution in [0.5, 0.6) is 17.2 Å². The van der Waals surface area contributed by atoms with Gasteiger partial charge in [0.25, 0.3) is 0 Å². The molecule has 6 nitrogen and oxygen atoms in total. The molecule has 0 saturated heterocycles. The number of nitrogens with zero attached hydrogens (tertiary/aromatic N) is 2. The number of aliphatic imine (C=N–C) groups is 1. The monoisotopic (exact) mass is 619 g/mol. The lowest BCUT2D eigenvalue weighted by Crippen LogP contribution is -2.15. The number of pyridine rings is 1. The first-order valence-electron chi connectivity index (χ1n) is 16.9. The molecule has 0 unspecified atom stereocenters. The summed E-state index contributed by atoms with van der Waals surface area (Å²) in [4.78, 5) is 10.6. The van der Waals surface area contributed by atoms with Gasteiger partial charge in [-0.2, -0.15) is 0 Å². The van der Waals surface area contributed by atoms with Crippen molar-refractivity contribution in [3.05, 3.63) is 77.4 Å². The molecule has 1 N–H and O–H groups in total. The highest BCUT2D eigenvalue weighted by Crippen LogP contribution is 2.39. The number of para-hydroxylation sites is 1. The summed E-state index contributed by atoms with van der Waals surface area (Å²) in [5, 5.41) is 4.80. The second kappa shape index (κ2) is 16.3. The third-order valence-electron chi connectivity index (χ3n) is 9.04. The van der Waals surface area contributed by atoms with Crippen molar-refractivity contribution in [1.29, 1.82) is 0 Å². The van der Waals surface area contributed by atoms with E-state index in [0.717, 1.165) is 52.1 Å². The van der Waals surface area contributed by atoms with E-state index in [1.807, 2.05) is 18.2 Å². The van der Waals surface area contributed by atoms with Crippen molar-refractivity contribution in [2.24, 2.45) is 10.9 Å². The third kappa shape index (κ3) is 8.09. The van der Waals surface area contributed by atoms with Crippen molar-refractivity contribution >= 4 is 46.0 Å². The zero-order valence-corrected chi connectivity index (χ0v) is 28.2. The van der Waals surface area contributed by atoms with E-state index in [1.165, 1.54) is 62.6 Å². The zero-order chi connectivity index (χ0) is 32.3. The number of hydrogen-bond donors (Lipinski definition) is 1. The lowest BCUT2D eigenvalue weighted by Gasteiger charge is -2.21. The molecule has 0 aliphatic heterocycles. The molecule has 1 aliphatic carbocycles. The summed E-state index contributed by atoms with van der Waals surface area (Å²) in [6, 6.07) is 20.7. The molecule has 46 heavy (non-hydrogen) atoms. The van der Waals surface area contributed by atoms with Gasteiger partial charge in [0, 0.05) is 16.8 Å². The van der Waals surface area contributed by atoms with Crippen molar-refractivity contribution in [2.45, 2.75) is 78.1 Å². The molecule has 0 atom stereocenters. The Morgan fingerprint density at radius 2 is 1.46 bits per heavy atom. The predicted octanol–water partition coefficient (Wildman–Crippen LogP) is 11.1. The Kier molecular flexibility index (Phi) is 11.7. The Hall–Kier alpha value is -4.32. The molecular weight excluding hydrogens is 570 g/mol. The summed E-state index contributed by atoms with van der Waals surface area (Å²) >= 11 is 0. The van der Waals surface area contributed by atoms with E-state index in [1.54, 1.807) is 21.3 Å². The largest absolute Gasteiger partial charge is 0.493 e. The summed E-state index contributed by atoms with van der Waals surface area (Å²) in [7, 11) is 4.87. The SMILES string of the molecule is CCC/C(=N\c1c(Nc2ccc(/C=C/c3cc(OC)c(OC)c(OC)c3)cc2)nc2ccccc2c1C)C1CCCCCCCC1. The summed E-state index contributed by atoms with van der Waals surface area (Å²) < 4.78 is 16.5. The van der Waals surface area contributed by atoms with E-state index in [4.69, 9.17) is 24.2 Å². The van der Waals surface area contributed by atoms with E-state index >= 15 is 0 Å². The molecule has 0 amide bonds. The quantitative estimate of drug-likeness (QED) is 0.134. The van der Waals surface area contributed by atoms with Gasteiger partial charge in [0.1, 0.15) is 5.69 Å². The van der Waals surface area contributed by atoms with E-state index < -0.39 is 0 Å². The van der Waals surface area contributed by atoms with E-state index in [-0.39, 0.29) is 0 Å². The fraction of sp³-hybridized carbons (Fsp3) is 0.400. The van der Waals surface area contributed by atoms with Gasteiger partial charge >= 0.3 is 0 Å². The van der Waals surface area contributed by atoms with Crippen molar-refractivity contribution in [3.63, 3.8) is 0 Å². The normalized spacial score (nSPS) is 14.9. The number of rotatable bonds is 11. The van der Waals surface area contributed by atoms with Crippen LogP contribution in [-0.2, 0) is 0 Å². The fourth-order valence-electron chi connectivity index (χ4n) is 6.51. The maximum atomic E-state index is 5.51. The van der Waals surface area contributed by atoms with Crippen molar-refractivity contribution in [1.82, 2.24) is 4.98 Å². The van der Waals surface area contributed by atoms with Gasteiger partial charge in [0.2, 0.25) is 5.75 Å². The minimum absolute atomic E-state index is 0.550. The highest BCUT2D eigenvalue weighted by Gasteiger charge is 2.20. The average Bonchev–Trinajstić information content (AvgIpc) is 3.23. The molecule has 1 aliphatic rings. The topological polar surface area (TPSA) is 65.0 Å². The summed E-state index contributed by atoms with van der Waals surface area (Å²) in [5.74, 6) is 3.21. The number of nitrogens with one attached hydrogen (secondary N) is 1. The molecule has 1 fully saturated rings. The van der Waals surface area contributed by atoms with Crippen molar-refractivity contribution in [2.75, 3.05) is 26.6 Å². The Bertz CT molecular complexity index is 1620. The average molecular weight is 620 g/mol. The van der Waals surface area contributed by atoms with Crippen LogP contribution in [0.25, 0.3) is 23.1 Å². The number of fused-ring (bicyclic) bond motifs is 1. The molecule has 0 bridgehead atoms. The van der Waals surface area contributed by atoms with Crippen LogP contribution < -0.4 is 19.5 Å². The number of anilines is 2. The van der Waals surface area contributed by atoms with Gasteiger partial charge in [-0.15, -0.1) is 0 Å². The first-order valence-corrected chi connectivity index (χ1v) is 16.9. The van der Waals surface area contributed by atoms with Gasteiger partial charge in [-0.3, -0.25) is 4.99 Å². The first kappa shape index (κ1) is 33.1. The Morgan fingerprint density at radius 1 is 0.826 bits per heavy atom. The second-order valence-corrected chi connectivity index (χ2v) is 12.2. The van der Waals surface area contributed by atoms with Gasteiger partial charge in [-0.05, 0) is 79.1 Å². The maximum Gasteiger partial charge on any atom is 0.203 e. The number of aromatic nitrogens is 1. The third-order valence-corrected chi connectivity index (χ3v) is 9.04. The predicted molar refractivity (Wildman–Crippen MR) is 194 cm³/mol. The highest BCUT2D eigenvalue weighted by molar-refractivity contribution is 5.96. The smallest absolute Gasteiger partial charge is 0.203 e. The van der Waals surface area contributed by atoms with E-state index in [9.17, 15) is 0 Å². The summed E-state index contributed by atoms with van der Waals surface area (Å²) in [6.45, 7) is 4.46. The molecule has 0 spiro atoms. The minimum Gasteiger partial charge on any atom is -0.493 e. The molecule has 3 aromatic carbocycles. The minimum atomic E-state index is 0.550. The molecule has 242 valence electrons. The summed E-state index contributed by atoms with van der Waals surface area (Å²) in [6.07, 6.45) is 16.8. The van der Waals surface area contributed by atoms with Crippen LogP contribution >= 0.6 is 0 Å². The van der Waals surface area contributed by atoms with Crippen LogP contribution in [0.15, 0.2) is 65.7 Å². The molecule has 0 radical (unpaired) electrons. The first-order chi connectivity index (χ1) is 22.5. The van der Waals surface area contributed by atoms with Crippen LogP contribution in [0.4, 0.5) is 17.2 Å². The molecule has 1 saturated carbocycles. The number of benzene rings is 3. The standard InChI is InChI=1S/C40H49N3O3/c1-6-15-34(31-16-11-9-7-8-10-12-17-31)42-38-28(2)33-18-13-14-19-35(33)43-40(38)41-32-24-22-29(23-25-32)20-21-30-26-36(44-3)39(46-5)37(27-30)45-4/h13-14,18-27,31H,6-12,15-17H2,1-5H3,(H,41,43)/b21-20+,42-34+. The Balaban J connectivity index is 1.44. The van der Waals surface area contributed by atoms with E-state index in [2.05, 4.69) is 73.8 Å². The van der Waals surface area contributed by atoms with Gasteiger partial charge in [-0.1, -0.05) is 94.4 Å². The fourth-order valence-corrected chi connectivity index (χ4v) is 6.51. The molecule has 6 heteroatoms. The molecule has 1 aromatic heterocycles. The van der Waals surface area contributed by atoms with Gasteiger partial charge in [-0.25, -0.2) is 4.98 Å².